The van der Waals surface area contributed by atoms with Crippen LogP contribution >= 0.6 is 0 Å². The lowest BCUT2D eigenvalue weighted by Crippen LogP contribution is -2.35. The smallest absolute Gasteiger partial charge is 0.247 e. The Kier molecular flexibility index (Phi) is 14.8. The van der Waals surface area contributed by atoms with Gasteiger partial charge in [-0.05, 0) is 45.4 Å². The molecule has 0 bridgehead atoms. The zero-order chi connectivity index (χ0) is 13.5. The topological polar surface area (TPSA) is 121 Å². The highest BCUT2D eigenvalue weighted by atomic mass is 32.2. The summed E-state index contributed by atoms with van der Waals surface area (Å²) in [7, 11) is 0. The van der Waals surface area contributed by atoms with Crippen LogP contribution in [0.2, 0.25) is 0 Å². The summed E-state index contributed by atoms with van der Waals surface area (Å²) in [5, 5.41) is 6.51. The summed E-state index contributed by atoms with van der Waals surface area (Å²) in [6.45, 7) is 4.78. The van der Waals surface area contributed by atoms with E-state index in [9.17, 15) is 4.21 Å². The van der Waals surface area contributed by atoms with Gasteiger partial charge in [0.25, 0.3) is 0 Å². The molecule has 0 aliphatic carbocycles. The summed E-state index contributed by atoms with van der Waals surface area (Å²) in [6, 6.07) is 0. The highest BCUT2D eigenvalue weighted by molar-refractivity contribution is 7.77. The molecule has 0 saturated carbocycles. The molecule has 0 saturated heterocycles. The van der Waals surface area contributed by atoms with Crippen molar-refractivity contribution in [3.63, 3.8) is 0 Å². The highest BCUT2D eigenvalue weighted by Gasteiger charge is 1.92. The molecule has 0 aromatic heterocycles. The first-order valence-electron chi connectivity index (χ1n) is 6.12. The van der Waals surface area contributed by atoms with Gasteiger partial charge >= 0.3 is 0 Å². The van der Waals surface area contributed by atoms with Gasteiger partial charge in [-0.3, -0.25) is 9.39 Å². The Morgan fingerprint density at radius 1 is 1.06 bits per heavy atom. The molecule has 7 N–H and O–H groups in total. The second-order valence-corrected chi connectivity index (χ2v) is 4.35. The first-order valence-corrected chi connectivity index (χ1v) is 7.23. The van der Waals surface area contributed by atoms with Crippen LogP contribution in [0.5, 0.6) is 0 Å². The van der Waals surface area contributed by atoms with Crippen LogP contribution in [0.25, 0.3) is 0 Å². The van der Waals surface area contributed by atoms with Crippen LogP contribution < -0.4 is 26.8 Å². The first-order chi connectivity index (χ1) is 8.77. The molecule has 0 aromatic rings. The standard InChI is InChI=1S/C9H25N5O3S/c10-4-3-7-11-5-1-2-6-12-8-9-17-13-14-18(15)16/h11-14H,1-10H2,(H,15,16). The van der Waals surface area contributed by atoms with Crippen LogP contribution in [0.3, 0.4) is 0 Å². The Morgan fingerprint density at radius 2 is 1.67 bits per heavy atom. The van der Waals surface area contributed by atoms with Gasteiger partial charge in [0.15, 0.2) is 0 Å². The van der Waals surface area contributed by atoms with E-state index in [1.165, 1.54) is 0 Å². The molecule has 0 aromatic carbocycles. The largest absolute Gasteiger partial charge is 0.330 e. The molecule has 0 amide bonds. The molecule has 8 nitrogen and oxygen atoms in total. The predicted molar refractivity (Wildman–Crippen MR) is 71.6 cm³/mol. The number of hydrogen-bond acceptors (Lipinski definition) is 6. The fourth-order valence-corrected chi connectivity index (χ4v) is 1.35. The fraction of sp³-hybridized carbons (Fsp3) is 1.00. The van der Waals surface area contributed by atoms with Gasteiger partial charge in [0.05, 0.1) is 6.61 Å². The van der Waals surface area contributed by atoms with E-state index in [-0.39, 0.29) is 0 Å². The van der Waals surface area contributed by atoms with Crippen molar-refractivity contribution in [2.24, 2.45) is 5.73 Å². The minimum absolute atomic E-state index is 0.416. The van der Waals surface area contributed by atoms with E-state index in [2.05, 4.69) is 16.2 Å². The Balaban J connectivity index is 2.92. The second-order valence-electron chi connectivity index (χ2n) is 3.65. The van der Waals surface area contributed by atoms with Crippen LogP contribution in [0.4, 0.5) is 0 Å². The van der Waals surface area contributed by atoms with Gasteiger partial charge in [0.2, 0.25) is 11.3 Å². The number of nitrogens with two attached hydrogens (primary N) is 1. The van der Waals surface area contributed by atoms with Crippen molar-refractivity contribution in [3.05, 3.63) is 0 Å². The Bertz CT molecular complexity index is 199. The lowest BCUT2D eigenvalue weighted by molar-refractivity contribution is 0.0300. The van der Waals surface area contributed by atoms with Crippen LogP contribution in [-0.4, -0.2) is 48.1 Å². The molecule has 0 heterocycles. The molecular formula is C9H25N5O3S. The molecule has 0 fully saturated rings. The monoisotopic (exact) mass is 283 g/mol. The van der Waals surface area contributed by atoms with Gasteiger partial charge in [-0.1, -0.05) is 0 Å². The van der Waals surface area contributed by atoms with Gasteiger partial charge in [0, 0.05) is 6.54 Å². The number of hydrogen-bond donors (Lipinski definition) is 6. The maximum Gasteiger partial charge on any atom is 0.247 e. The molecule has 110 valence electrons. The Labute approximate surface area is 111 Å². The molecule has 9 heteroatoms. The number of rotatable bonds is 14. The van der Waals surface area contributed by atoms with Crippen LogP contribution in [-0.2, 0) is 16.1 Å². The fourth-order valence-electron chi connectivity index (χ4n) is 1.22. The van der Waals surface area contributed by atoms with Crippen LogP contribution in [0, 0.1) is 0 Å². The zero-order valence-electron chi connectivity index (χ0n) is 10.6. The molecule has 0 spiro atoms. The van der Waals surface area contributed by atoms with Gasteiger partial charge in [-0.15, -0.1) is 10.4 Å². The van der Waals surface area contributed by atoms with Gasteiger partial charge in [-0.2, -0.15) is 0 Å². The molecule has 0 radical (unpaired) electrons. The molecule has 0 aliphatic rings. The van der Waals surface area contributed by atoms with E-state index in [1.54, 1.807) is 0 Å². The lowest BCUT2D eigenvalue weighted by Gasteiger charge is -2.06. The van der Waals surface area contributed by atoms with Crippen LogP contribution in [0.15, 0.2) is 0 Å². The molecular weight excluding hydrogens is 258 g/mol. The minimum atomic E-state index is -2.10. The Hall–Kier alpha value is -0.130. The van der Waals surface area contributed by atoms with E-state index in [0.717, 1.165) is 45.4 Å². The molecule has 18 heavy (non-hydrogen) atoms. The van der Waals surface area contributed by atoms with Gasteiger partial charge < -0.3 is 16.4 Å². The van der Waals surface area contributed by atoms with E-state index in [4.69, 9.17) is 15.1 Å². The van der Waals surface area contributed by atoms with E-state index < -0.39 is 11.3 Å². The third-order valence-corrected chi connectivity index (χ3v) is 2.35. The van der Waals surface area contributed by atoms with Crippen molar-refractivity contribution < 1.29 is 13.6 Å². The summed E-state index contributed by atoms with van der Waals surface area (Å²) in [4.78, 5) is 6.81. The van der Waals surface area contributed by atoms with Crippen molar-refractivity contribution in [1.82, 2.24) is 21.1 Å². The molecule has 0 aliphatic heterocycles. The SMILES string of the molecule is NCCCNCCCCNCCONNS(=O)O. The maximum atomic E-state index is 10.1. The van der Waals surface area contributed by atoms with E-state index in [1.807, 2.05) is 4.83 Å². The summed E-state index contributed by atoms with van der Waals surface area (Å²) in [5.74, 6) is 0. The maximum absolute atomic E-state index is 10.1. The Morgan fingerprint density at radius 3 is 2.28 bits per heavy atom. The zero-order valence-corrected chi connectivity index (χ0v) is 11.4. The van der Waals surface area contributed by atoms with Gasteiger partial charge in [0.1, 0.15) is 0 Å². The summed E-state index contributed by atoms with van der Waals surface area (Å²) in [5.41, 5.74) is 7.53. The molecule has 1 unspecified atom stereocenters. The normalized spacial score (nSPS) is 12.8. The first kappa shape index (κ1) is 17.9. The van der Waals surface area contributed by atoms with Crippen molar-refractivity contribution in [3.8, 4) is 0 Å². The third-order valence-electron chi connectivity index (χ3n) is 2.10. The minimum Gasteiger partial charge on any atom is -0.330 e. The van der Waals surface area contributed by atoms with Crippen molar-refractivity contribution in [1.29, 1.82) is 0 Å². The summed E-state index contributed by atoms with van der Waals surface area (Å²) in [6.07, 6.45) is 3.25. The summed E-state index contributed by atoms with van der Waals surface area (Å²) >= 11 is -2.10. The van der Waals surface area contributed by atoms with Crippen molar-refractivity contribution in [2.45, 2.75) is 19.3 Å². The highest BCUT2D eigenvalue weighted by Crippen LogP contribution is 1.84. The lowest BCUT2D eigenvalue weighted by atomic mass is 10.3. The number of unbranched alkanes of at least 4 members (excludes halogenated alkanes) is 1. The summed E-state index contributed by atoms with van der Waals surface area (Å²) < 4.78 is 18.4. The molecule has 1 atom stereocenters. The average Bonchev–Trinajstić information content (AvgIpc) is 2.34. The number of hydrazine groups is 1. The predicted octanol–water partition coefficient (Wildman–Crippen LogP) is -1.54. The third kappa shape index (κ3) is 15.9. The average molecular weight is 283 g/mol. The number of nitrogens with one attached hydrogen (secondary N) is 4. The van der Waals surface area contributed by atoms with E-state index in [0.29, 0.717) is 13.2 Å². The van der Waals surface area contributed by atoms with Crippen LogP contribution in [0.1, 0.15) is 19.3 Å². The van der Waals surface area contributed by atoms with Crippen molar-refractivity contribution >= 4 is 11.3 Å². The van der Waals surface area contributed by atoms with Gasteiger partial charge in [-0.25, -0.2) is 4.21 Å². The second kappa shape index (κ2) is 14.9. The van der Waals surface area contributed by atoms with Crippen molar-refractivity contribution in [2.75, 3.05) is 39.3 Å². The quantitative estimate of drug-likeness (QED) is 0.130. The van der Waals surface area contributed by atoms with E-state index >= 15 is 0 Å². The molecule has 0 rings (SSSR count).